The Morgan fingerprint density at radius 2 is 1.93 bits per heavy atom. The molecule has 0 aliphatic carbocycles. The first-order chi connectivity index (χ1) is 6.68. The minimum Gasteiger partial charge on any atom is -0.260 e. The fourth-order valence-electron chi connectivity index (χ4n) is 1.64. The summed E-state index contributed by atoms with van der Waals surface area (Å²) in [6, 6.07) is 6.12. The van der Waals surface area contributed by atoms with E-state index in [0.717, 1.165) is 16.9 Å². The van der Waals surface area contributed by atoms with Crippen LogP contribution in [0.3, 0.4) is 0 Å². The Labute approximate surface area is 84.0 Å². The highest BCUT2D eigenvalue weighted by Crippen LogP contribution is 2.21. The van der Waals surface area contributed by atoms with Crippen molar-refractivity contribution in [3.63, 3.8) is 0 Å². The van der Waals surface area contributed by atoms with Crippen LogP contribution < -0.4 is 0 Å². The van der Waals surface area contributed by atoms with Crippen LogP contribution in [0.2, 0.25) is 0 Å². The number of hydrogen-bond acceptors (Lipinski definition) is 2. The fraction of sp³-hybridized carbons (Fsp3) is 0.333. The molecule has 2 heterocycles. The van der Waals surface area contributed by atoms with Crippen LogP contribution in [0.15, 0.2) is 24.4 Å². The molecule has 0 saturated carbocycles. The predicted octanol–water partition coefficient (Wildman–Crippen LogP) is 3.06. The molecule has 72 valence electrons. The number of fused-ring (bicyclic) bond motifs is 1. The molecule has 0 saturated heterocycles. The molecule has 2 aromatic rings. The van der Waals surface area contributed by atoms with E-state index in [1.807, 2.05) is 25.3 Å². The fourth-order valence-corrected chi connectivity index (χ4v) is 1.64. The van der Waals surface area contributed by atoms with Crippen LogP contribution >= 0.6 is 0 Å². The Morgan fingerprint density at radius 1 is 1.14 bits per heavy atom. The summed E-state index contributed by atoms with van der Waals surface area (Å²) in [4.78, 5) is 8.87. The van der Waals surface area contributed by atoms with E-state index in [2.05, 4.69) is 29.9 Å². The van der Waals surface area contributed by atoms with Crippen LogP contribution in [0, 0.1) is 6.92 Å². The van der Waals surface area contributed by atoms with E-state index in [-0.39, 0.29) is 0 Å². The van der Waals surface area contributed by atoms with Gasteiger partial charge >= 0.3 is 0 Å². The average molecular weight is 186 g/mol. The molecule has 0 bridgehead atoms. The number of aromatic nitrogens is 2. The molecule has 2 heteroatoms. The molecule has 0 aromatic carbocycles. The highest BCUT2D eigenvalue weighted by molar-refractivity contribution is 5.81. The summed E-state index contributed by atoms with van der Waals surface area (Å²) >= 11 is 0. The van der Waals surface area contributed by atoms with E-state index in [4.69, 9.17) is 0 Å². The molecule has 0 amide bonds. The lowest BCUT2D eigenvalue weighted by molar-refractivity contribution is 0.834. The topological polar surface area (TPSA) is 25.8 Å². The van der Waals surface area contributed by atoms with Gasteiger partial charge < -0.3 is 0 Å². The minimum absolute atomic E-state index is 0.447. The lowest BCUT2D eigenvalue weighted by atomic mass is 10.0. The van der Waals surface area contributed by atoms with Crippen molar-refractivity contribution in [2.24, 2.45) is 0 Å². The van der Waals surface area contributed by atoms with E-state index in [1.54, 1.807) is 0 Å². The van der Waals surface area contributed by atoms with E-state index in [0.29, 0.717) is 5.92 Å². The molecule has 0 unspecified atom stereocenters. The smallest absolute Gasteiger partial charge is 0.0738 e. The first-order valence-electron chi connectivity index (χ1n) is 4.91. The molecular weight excluding hydrogens is 172 g/mol. The Bertz CT molecular complexity index is 461. The number of hydrogen-bond donors (Lipinski definition) is 0. The van der Waals surface area contributed by atoms with Gasteiger partial charge in [0.05, 0.1) is 11.2 Å². The summed E-state index contributed by atoms with van der Waals surface area (Å²) in [5.41, 5.74) is 3.23. The van der Waals surface area contributed by atoms with E-state index < -0.39 is 0 Å². The van der Waals surface area contributed by atoms with Crippen molar-refractivity contribution in [1.29, 1.82) is 0 Å². The van der Waals surface area contributed by atoms with Gasteiger partial charge in [-0.15, -0.1) is 0 Å². The van der Waals surface area contributed by atoms with Crippen molar-refractivity contribution in [1.82, 2.24) is 9.97 Å². The quantitative estimate of drug-likeness (QED) is 0.684. The Morgan fingerprint density at radius 3 is 2.64 bits per heavy atom. The molecule has 0 atom stereocenters. The Hall–Kier alpha value is -1.44. The molecular formula is C12H14N2. The molecule has 0 aliphatic rings. The standard InChI is InChI=1S/C12H14N2/c1-8(2)12-10-5-4-9(3)14-11(10)6-7-13-12/h4-8H,1-3H3. The maximum Gasteiger partial charge on any atom is 0.0738 e. The van der Waals surface area contributed by atoms with Crippen LogP contribution in [-0.4, -0.2) is 9.97 Å². The SMILES string of the molecule is Cc1ccc2c(C(C)C)nccc2n1. The summed E-state index contributed by atoms with van der Waals surface area (Å²) in [5, 5.41) is 1.17. The van der Waals surface area contributed by atoms with Gasteiger partial charge in [-0.2, -0.15) is 0 Å². The zero-order chi connectivity index (χ0) is 10.1. The highest BCUT2D eigenvalue weighted by Gasteiger charge is 2.06. The zero-order valence-corrected chi connectivity index (χ0v) is 8.78. The maximum atomic E-state index is 4.48. The van der Waals surface area contributed by atoms with Crippen molar-refractivity contribution >= 4 is 10.9 Å². The largest absolute Gasteiger partial charge is 0.260 e. The van der Waals surface area contributed by atoms with E-state index in [9.17, 15) is 0 Å². The van der Waals surface area contributed by atoms with Gasteiger partial charge in [0, 0.05) is 17.3 Å². The third-order valence-corrected chi connectivity index (χ3v) is 2.33. The Kier molecular flexibility index (Phi) is 2.20. The first kappa shape index (κ1) is 9.13. The maximum absolute atomic E-state index is 4.48. The number of pyridine rings is 2. The van der Waals surface area contributed by atoms with Crippen molar-refractivity contribution < 1.29 is 0 Å². The summed E-state index contributed by atoms with van der Waals surface area (Å²) in [7, 11) is 0. The second-order valence-electron chi connectivity index (χ2n) is 3.87. The number of rotatable bonds is 1. The highest BCUT2D eigenvalue weighted by atomic mass is 14.7. The molecule has 0 aliphatic heterocycles. The number of aryl methyl sites for hydroxylation is 1. The van der Waals surface area contributed by atoms with Gasteiger partial charge in [0.15, 0.2) is 0 Å². The summed E-state index contributed by atoms with van der Waals surface area (Å²) < 4.78 is 0. The van der Waals surface area contributed by atoms with E-state index >= 15 is 0 Å². The van der Waals surface area contributed by atoms with Gasteiger partial charge in [0.1, 0.15) is 0 Å². The normalized spacial score (nSPS) is 11.1. The zero-order valence-electron chi connectivity index (χ0n) is 8.78. The average Bonchev–Trinajstić information content (AvgIpc) is 2.16. The summed E-state index contributed by atoms with van der Waals surface area (Å²) in [5.74, 6) is 0.447. The molecule has 2 rings (SSSR count). The monoisotopic (exact) mass is 186 g/mol. The Balaban J connectivity index is 2.75. The third kappa shape index (κ3) is 1.48. The van der Waals surface area contributed by atoms with Gasteiger partial charge in [-0.25, -0.2) is 0 Å². The van der Waals surface area contributed by atoms with Gasteiger partial charge in [0.25, 0.3) is 0 Å². The van der Waals surface area contributed by atoms with Crippen LogP contribution in [0.4, 0.5) is 0 Å². The molecule has 0 radical (unpaired) electrons. The van der Waals surface area contributed by atoms with Crippen LogP contribution in [0.5, 0.6) is 0 Å². The van der Waals surface area contributed by atoms with Crippen LogP contribution in [0.1, 0.15) is 31.2 Å². The lowest BCUT2D eigenvalue weighted by Crippen LogP contribution is -1.95. The summed E-state index contributed by atoms with van der Waals surface area (Å²) in [6.07, 6.45) is 1.84. The molecule has 0 spiro atoms. The molecule has 14 heavy (non-hydrogen) atoms. The van der Waals surface area contributed by atoms with Crippen molar-refractivity contribution in [3.05, 3.63) is 35.8 Å². The van der Waals surface area contributed by atoms with Crippen LogP contribution in [0.25, 0.3) is 10.9 Å². The molecule has 0 N–H and O–H groups in total. The van der Waals surface area contributed by atoms with Gasteiger partial charge in [-0.05, 0) is 31.0 Å². The number of nitrogens with zero attached hydrogens (tertiary/aromatic N) is 2. The first-order valence-corrected chi connectivity index (χ1v) is 4.91. The van der Waals surface area contributed by atoms with Crippen molar-refractivity contribution in [3.8, 4) is 0 Å². The van der Waals surface area contributed by atoms with Gasteiger partial charge in [-0.1, -0.05) is 13.8 Å². The van der Waals surface area contributed by atoms with Crippen molar-refractivity contribution in [2.45, 2.75) is 26.7 Å². The minimum atomic E-state index is 0.447. The third-order valence-electron chi connectivity index (χ3n) is 2.33. The second-order valence-corrected chi connectivity index (χ2v) is 3.87. The lowest BCUT2D eigenvalue weighted by Gasteiger charge is -2.07. The van der Waals surface area contributed by atoms with E-state index in [1.165, 1.54) is 5.39 Å². The predicted molar refractivity (Wildman–Crippen MR) is 58.4 cm³/mol. The van der Waals surface area contributed by atoms with Gasteiger partial charge in [0.2, 0.25) is 0 Å². The molecule has 2 nitrogen and oxygen atoms in total. The molecule has 2 aromatic heterocycles. The second kappa shape index (κ2) is 3.37. The summed E-state index contributed by atoms with van der Waals surface area (Å²) in [6.45, 7) is 6.32. The van der Waals surface area contributed by atoms with Crippen molar-refractivity contribution in [2.75, 3.05) is 0 Å². The molecule has 0 fully saturated rings. The van der Waals surface area contributed by atoms with Gasteiger partial charge in [-0.3, -0.25) is 9.97 Å². The van der Waals surface area contributed by atoms with Crippen LogP contribution in [-0.2, 0) is 0 Å².